The van der Waals surface area contributed by atoms with Crippen molar-refractivity contribution in [3.63, 3.8) is 0 Å². The van der Waals surface area contributed by atoms with E-state index in [0.717, 1.165) is 16.5 Å². The lowest BCUT2D eigenvalue weighted by atomic mass is 9.98. The minimum atomic E-state index is -3.38. The lowest BCUT2D eigenvalue weighted by Crippen LogP contribution is -2.04. The van der Waals surface area contributed by atoms with Gasteiger partial charge in [0.05, 0.1) is 11.0 Å². The smallest absolute Gasteiger partial charge is 0.248 e. The molecule has 144 valence electrons. The zero-order valence-electron chi connectivity index (χ0n) is 15.2. The van der Waals surface area contributed by atoms with E-state index in [4.69, 9.17) is 5.26 Å². The van der Waals surface area contributed by atoms with Crippen LogP contribution in [0.25, 0.3) is 22.4 Å². The van der Waals surface area contributed by atoms with Gasteiger partial charge in [-0.15, -0.1) is 0 Å². The number of halogens is 2. The van der Waals surface area contributed by atoms with Crippen LogP contribution in [0.1, 0.15) is 17.7 Å². The molecular formula is C20H17F2N3O2S. The standard InChI is InChI=1S/C20H17F2N3O2S/c1-13-3-5-14(6-4-13)17-18(24-25(12-11-23)19(17)20(21)22)15-7-9-16(10-8-15)28(2,26)27/h3-10,20H,12H2,1-2H3. The first-order valence-corrected chi connectivity index (χ1v) is 10.2. The zero-order chi connectivity index (χ0) is 20.5. The molecular weight excluding hydrogens is 384 g/mol. The van der Waals surface area contributed by atoms with E-state index in [-0.39, 0.29) is 28.4 Å². The summed E-state index contributed by atoms with van der Waals surface area (Å²) in [5.41, 5.74) is 2.18. The van der Waals surface area contributed by atoms with E-state index >= 15 is 0 Å². The Morgan fingerprint density at radius 1 is 1.07 bits per heavy atom. The molecule has 0 saturated carbocycles. The minimum Gasteiger partial charge on any atom is -0.248 e. The van der Waals surface area contributed by atoms with Crippen LogP contribution >= 0.6 is 0 Å². The number of hydrogen-bond acceptors (Lipinski definition) is 4. The minimum absolute atomic E-state index is 0.124. The molecule has 0 aliphatic heterocycles. The number of hydrogen-bond donors (Lipinski definition) is 0. The second-order valence-corrected chi connectivity index (χ2v) is 8.40. The Labute approximate surface area is 161 Å². The summed E-state index contributed by atoms with van der Waals surface area (Å²) in [6, 6.07) is 14.8. The van der Waals surface area contributed by atoms with Crippen molar-refractivity contribution in [1.29, 1.82) is 5.26 Å². The Bertz CT molecular complexity index is 1140. The lowest BCUT2D eigenvalue weighted by Gasteiger charge is -2.08. The van der Waals surface area contributed by atoms with E-state index in [0.29, 0.717) is 11.1 Å². The van der Waals surface area contributed by atoms with Gasteiger partial charge < -0.3 is 0 Å². The fraction of sp³-hybridized carbons (Fsp3) is 0.200. The molecule has 0 bridgehead atoms. The molecule has 0 radical (unpaired) electrons. The number of alkyl halides is 2. The first-order chi connectivity index (χ1) is 13.2. The van der Waals surface area contributed by atoms with Gasteiger partial charge in [-0.05, 0) is 24.6 Å². The normalized spacial score (nSPS) is 11.6. The van der Waals surface area contributed by atoms with Gasteiger partial charge in [-0.2, -0.15) is 10.4 Å². The molecule has 28 heavy (non-hydrogen) atoms. The first-order valence-electron chi connectivity index (χ1n) is 8.35. The summed E-state index contributed by atoms with van der Waals surface area (Å²) in [4.78, 5) is 0.124. The van der Waals surface area contributed by atoms with Gasteiger partial charge in [0.2, 0.25) is 0 Å². The summed E-state index contributed by atoms with van der Waals surface area (Å²) < 4.78 is 52.1. The van der Waals surface area contributed by atoms with Gasteiger partial charge in [0.1, 0.15) is 17.9 Å². The number of rotatable bonds is 5. The maximum Gasteiger partial charge on any atom is 0.280 e. The van der Waals surface area contributed by atoms with E-state index in [2.05, 4.69) is 5.10 Å². The highest BCUT2D eigenvalue weighted by molar-refractivity contribution is 7.90. The molecule has 3 rings (SSSR count). The summed E-state index contributed by atoms with van der Waals surface area (Å²) in [5, 5.41) is 13.3. The molecule has 0 amide bonds. The number of nitrogens with zero attached hydrogens (tertiary/aromatic N) is 3. The van der Waals surface area contributed by atoms with Crippen molar-refractivity contribution >= 4 is 9.84 Å². The molecule has 0 aliphatic carbocycles. The van der Waals surface area contributed by atoms with Crippen molar-refractivity contribution in [2.75, 3.05) is 6.26 Å². The van der Waals surface area contributed by atoms with Gasteiger partial charge in [0, 0.05) is 17.4 Å². The molecule has 0 fully saturated rings. The second-order valence-electron chi connectivity index (χ2n) is 6.39. The average molecular weight is 401 g/mol. The Balaban J connectivity index is 2.26. The molecule has 1 aromatic heterocycles. The van der Waals surface area contributed by atoms with E-state index < -0.39 is 16.3 Å². The Morgan fingerprint density at radius 3 is 2.14 bits per heavy atom. The molecule has 0 N–H and O–H groups in total. The van der Waals surface area contributed by atoms with Gasteiger partial charge in [0.25, 0.3) is 6.43 Å². The molecule has 0 aliphatic rings. The maximum absolute atomic E-state index is 13.9. The fourth-order valence-electron chi connectivity index (χ4n) is 2.95. The van der Waals surface area contributed by atoms with E-state index in [1.54, 1.807) is 12.1 Å². The second kappa shape index (κ2) is 7.52. The Hall–Kier alpha value is -3.05. The predicted molar refractivity (Wildman–Crippen MR) is 102 cm³/mol. The third kappa shape index (κ3) is 3.80. The molecule has 0 saturated heterocycles. The maximum atomic E-state index is 13.9. The highest BCUT2D eigenvalue weighted by atomic mass is 32.2. The van der Waals surface area contributed by atoms with Crippen LogP contribution in [0.2, 0.25) is 0 Å². The SMILES string of the molecule is Cc1ccc(-c2c(-c3ccc(S(C)(=O)=O)cc3)nn(CC#N)c2C(F)F)cc1. The molecule has 0 spiro atoms. The van der Waals surface area contributed by atoms with Gasteiger partial charge in [-0.1, -0.05) is 42.0 Å². The molecule has 0 atom stereocenters. The van der Waals surface area contributed by atoms with Crippen molar-refractivity contribution in [3.05, 3.63) is 59.8 Å². The average Bonchev–Trinajstić information content (AvgIpc) is 3.01. The molecule has 8 heteroatoms. The van der Waals surface area contributed by atoms with Crippen molar-refractivity contribution in [2.24, 2.45) is 0 Å². The van der Waals surface area contributed by atoms with Crippen molar-refractivity contribution in [3.8, 4) is 28.5 Å². The van der Waals surface area contributed by atoms with Crippen LogP contribution < -0.4 is 0 Å². The van der Waals surface area contributed by atoms with Crippen LogP contribution in [0, 0.1) is 18.3 Å². The molecule has 1 heterocycles. The highest BCUT2D eigenvalue weighted by Gasteiger charge is 2.26. The van der Waals surface area contributed by atoms with Crippen molar-refractivity contribution in [2.45, 2.75) is 24.8 Å². The molecule has 2 aromatic carbocycles. The number of aromatic nitrogens is 2. The largest absolute Gasteiger partial charge is 0.280 e. The summed E-state index contributed by atoms with van der Waals surface area (Å²) in [5.74, 6) is 0. The number of benzene rings is 2. The van der Waals surface area contributed by atoms with Crippen LogP contribution in [0.3, 0.4) is 0 Å². The Morgan fingerprint density at radius 2 is 1.64 bits per heavy atom. The molecule has 3 aromatic rings. The number of nitriles is 1. The third-order valence-electron chi connectivity index (χ3n) is 4.32. The quantitative estimate of drug-likeness (QED) is 0.635. The van der Waals surface area contributed by atoms with Gasteiger partial charge in [-0.3, -0.25) is 0 Å². The van der Waals surface area contributed by atoms with Crippen molar-refractivity contribution < 1.29 is 17.2 Å². The monoisotopic (exact) mass is 401 g/mol. The summed E-state index contributed by atoms with van der Waals surface area (Å²) in [6.45, 7) is 1.57. The summed E-state index contributed by atoms with van der Waals surface area (Å²) in [6.07, 6.45) is -1.74. The van der Waals surface area contributed by atoms with Crippen molar-refractivity contribution in [1.82, 2.24) is 9.78 Å². The zero-order valence-corrected chi connectivity index (χ0v) is 16.0. The van der Waals surface area contributed by atoms with E-state index in [1.807, 2.05) is 25.1 Å². The first kappa shape index (κ1) is 19.7. The van der Waals surface area contributed by atoms with Gasteiger partial charge >= 0.3 is 0 Å². The van der Waals surface area contributed by atoms with Gasteiger partial charge in [0.15, 0.2) is 9.84 Å². The van der Waals surface area contributed by atoms with Crippen LogP contribution in [0.4, 0.5) is 8.78 Å². The number of aryl methyl sites for hydroxylation is 1. The fourth-order valence-corrected chi connectivity index (χ4v) is 3.58. The van der Waals surface area contributed by atoms with Crippen LogP contribution in [0.5, 0.6) is 0 Å². The lowest BCUT2D eigenvalue weighted by molar-refractivity contribution is 0.140. The summed E-state index contributed by atoms with van der Waals surface area (Å²) >= 11 is 0. The van der Waals surface area contributed by atoms with Crippen LogP contribution in [0.15, 0.2) is 53.4 Å². The van der Waals surface area contributed by atoms with Gasteiger partial charge in [-0.25, -0.2) is 21.9 Å². The van der Waals surface area contributed by atoms with E-state index in [1.165, 1.54) is 24.3 Å². The topological polar surface area (TPSA) is 75.8 Å². The third-order valence-corrected chi connectivity index (χ3v) is 5.44. The highest BCUT2D eigenvalue weighted by Crippen LogP contribution is 2.39. The predicted octanol–water partition coefficient (Wildman–Crippen LogP) is 4.39. The molecule has 5 nitrogen and oxygen atoms in total. The van der Waals surface area contributed by atoms with E-state index in [9.17, 15) is 17.2 Å². The molecule has 0 unspecified atom stereocenters. The van der Waals surface area contributed by atoms with Crippen LogP contribution in [-0.4, -0.2) is 24.5 Å². The summed E-state index contributed by atoms with van der Waals surface area (Å²) in [7, 11) is -3.38. The number of sulfone groups is 1. The van der Waals surface area contributed by atoms with Crippen LogP contribution in [-0.2, 0) is 16.4 Å². The Kier molecular flexibility index (Phi) is 5.29.